The summed E-state index contributed by atoms with van der Waals surface area (Å²) in [4.78, 5) is 11.6. The van der Waals surface area contributed by atoms with Gasteiger partial charge in [0.2, 0.25) is 6.19 Å². The lowest BCUT2D eigenvalue weighted by molar-refractivity contribution is 0.821. The molecule has 2 aromatic heterocycles. The van der Waals surface area contributed by atoms with Crippen molar-refractivity contribution in [2.45, 2.75) is 26.1 Å². The van der Waals surface area contributed by atoms with Gasteiger partial charge in [0.1, 0.15) is 0 Å². The van der Waals surface area contributed by atoms with Crippen LogP contribution in [0, 0.1) is 25.3 Å². The number of imidazole rings is 1. The quantitative estimate of drug-likeness (QED) is 0.394. The molecule has 0 aliphatic rings. The lowest BCUT2D eigenvalue weighted by Gasteiger charge is -2.11. The molecule has 0 aliphatic heterocycles. The number of H-pyrrole nitrogens is 1. The number of nitriles is 1. The molecular formula is C15H22N8S. The lowest BCUT2D eigenvalue weighted by Crippen LogP contribution is -2.38. The first-order valence-electron chi connectivity index (χ1n) is 7.60. The molecule has 9 heteroatoms. The topological polar surface area (TPSA) is 107 Å². The van der Waals surface area contributed by atoms with E-state index < -0.39 is 0 Å². The van der Waals surface area contributed by atoms with Gasteiger partial charge in [0, 0.05) is 42.9 Å². The molecule has 0 aliphatic carbocycles. The molecule has 0 saturated carbocycles. The van der Waals surface area contributed by atoms with Crippen LogP contribution in [0.25, 0.3) is 0 Å². The molecule has 0 radical (unpaired) electrons. The van der Waals surface area contributed by atoms with Crippen molar-refractivity contribution in [3.05, 3.63) is 35.2 Å². The molecule has 0 spiro atoms. The number of aromatic nitrogens is 4. The molecule has 24 heavy (non-hydrogen) atoms. The summed E-state index contributed by atoms with van der Waals surface area (Å²) in [5.74, 6) is 2.59. The smallest absolute Gasteiger partial charge is 0.206 e. The Kier molecular flexibility index (Phi) is 6.69. The van der Waals surface area contributed by atoms with Crippen molar-refractivity contribution in [1.29, 1.82) is 5.26 Å². The first-order chi connectivity index (χ1) is 11.7. The number of rotatable bonds is 7. The molecule has 128 valence electrons. The van der Waals surface area contributed by atoms with Gasteiger partial charge < -0.3 is 15.6 Å². The summed E-state index contributed by atoms with van der Waals surface area (Å²) >= 11 is 1.82. The van der Waals surface area contributed by atoms with Crippen LogP contribution in [-0.2, 0) is 12.3 Å². The van der Waals surface area contributed by atoms with E-state index in [9.17, 15) is 0 Å². The zero-order chi connectivity index (χ0) is 17.4. The largest absolute Gasteiger partial charge is 0.356 e. The van der Waals surface area contributed by atoms with Crippen molar-refractivity contribution in [2.75, 3.05) is 19.3 Å². The van der Waals surface area contributed by atoms with Gasteiger partial charge in [0.05, 0.1) is 23.9 Å². The number of guanidine groups is 1. The Bertz CT molecular complexity index is 724. The van der Waals surface area contributed by atoms with Gasteiger partial charge in [-0.2, -0.15) is 26.8 Å². The Morgan fingerprint density at radius 2 is 2.29 bits per heavy atom. The summed E-state index contributed by atoms with van der Waals surface area (Å²) in [7, 11) is 1.74. The van der Waals surface area contributed by atoms with Crippen molar-refractivity contribution >= 4 is 17.7 Å². The van der Waals surface area contributed by atoms with Crippen LogP contribution in [0.15, 0.2) is 17.5 Å². The van der Waals surface area contributed by atoms with E-state index in [0.29, 0.717) is 6.54 Å². The van der Waals surface area contributed by atoms with E-state index in [-0.39, 0.29) is 0 Å². The van der Waals surface area contributed by atoms with E-state index in [1.807, 2.05) is 31.8 Å². The minimum atomic E-state index is 0.576. The fourth-order valence-electron chi connectivity index (χ4n) is 2.06. The highest BCUT2D eigenvalue weighted by atomic mass is 32.2. The van der Waals surface area contributed by atoms with Gasteiger partial charge in [-0.25, -0.2) is 4.98 Å². The van der Waals surface area contributed by atoms with E-state index in [4.69, 9.17) is 5.26 Å². The minimum Gasteiger partial charge on any atom is -0.356 e. The van der Waals surface area contributed by atoms with Crippen molar-refractivity contribution in [2.24, 2.45) is 4.99 Å². The second kappa shape index (κ2) is 8.98. The summed E-state index contributed by atoms with van der Waals surface area (Å²) in [6, 6.07) is 0. The standard InChI is InChI=1S/C15H22N8S/c1-11-14(21-10-20-11)8-24-5-4-18-15(17-3)19-6-13-7-22-23(9-16)12(13)2/h7,10H,4-6,8H2,1-3H3,(H,20,21)(H2,17,18,19). The molecule has 2 aromatic rings. The minimum absolute atomic E-state index is 0.576. The molecule has 0 bridgehead atoms. The molecule has 8 nitrogen and oxygen atoms in total. The predicted molar refractivity (Wildman–Crippen MR) is 95.7 cm³/mol. The number of hydrogen-bond acceptors (Lipinski definition) is 5. The van der Waals surface area contributed by atoms with Crippen LogP contribution in [-0.4, -0.2) is 45.1 Å². The van der Waals surface area contributed by atoms with Gasteiger partial charge in [-0.15, -0.1) is 0 Å². The average Bonchev–Trinajstić information content (AvgIpc) is 3.16. The van der Waals surface area contributed by atoms with Gasteiger partial charge in [-0.3, -0.25) is 4.99 Å². The molecular weight excluding hydrogens is 324 g/mol. The van der Waals surface area contributed by atoms with Crippen LogP contribution in [0.4, 0.5) is 0 Å². The van der Waals surface area contributed by atoms with E-state index in [1.165, 1.54) is 4.68 Å². The molecule has 0 aromatic carbocycles. The van der Waals surface area contributed by atoms with E-state index in [0.717, 1.165) is 46.7 Å². The Balaban J connectivity index is 1.68. The molecule has 2 rings (SSSR count). The number of hydrogen-bond donors (Lipinski definition) is 3. The maximum absolute atomic E-state index is 8.89. The maximum atomic E-state index is 8.89. The Hall–Kier alpha value is -2.47. The van der Waals surface area contributed by atoms with Gasteiger partial charge in [-0.05, 0) is 13.8 Å². The first-order valence-corrected chi connectivity index (χ1v) is 8.76. The summed E-state index contributed by atoms with van der Waals surface area (Å²) in [6.45, 7) is 5.29. The van der Waals surface area contributed by atoms with Crippen LogP contribution >= 0.6 is 11.8 Å². The summed E-state index contributed by atoms with van der Waals surface area (Å²) in [5, 5.41) is 19.4. The first kappa shape index (κ1) is 17.9. The molecule has 0 fully saturated rings. The molecule has 0 atom stereocenters. The van der Waals surface area contributed by atoms with E-state index in [2.05, 4.69) is 30.7 Å². The van der Waals surface area contributed by atoms with Gasteiger partial charge in [0.15, 0.2) is 5.96 Å². The second-order valence-corrected chi connectivity index (χ2v) is 6.25. The maximum Gasteiger partial charge on any atom is 0.206 e. The number of nitrogens with zero attached hydrogens (tertiary/aromatic N) is 5. The van der Waals surface area contributed by atoms with Crippen LogP contribution in [0.1, 0.15) is 22.6 Å². The van der Waals surface area contributed by atoms with E-state index in [1.54, 1.807) is 19.6 Å². The van der Waals surface area contributed by atoms with Gasteiger partial charge in [-0.1, -0.05) is 0 Å². The second-order valence-electron chi connectivity index (χ2n) is 5.15. The predicted octanol–water partition coefficient (Wildman–Crippen LogP) is 1.15. The highest BCUT2D eigenvalue weighted by Crippen LogP contribution is 2.11. The van der Waals surface area contributed by atoms with Crippen LogP contribution in [0.2, 0.25) is 0 Å². The number of thioether (sulfide) groups is 1. The number of aromatic amines is 1. The summed E-state index contributed by atoms with van der Waals surface area (Å²) in [6.07, 6.45) is 5.43. The lowest BCUT2D eigenvalue weighted by atomic mass is 10.2. The van der Waals surface area contributed by atoms with Crippen LogP contribution in [0.5, 0.6) is 0 Å². The molecule has 0 amide bonds. The third-order valence-corrected chi connectivity index (χ3v) is 4.56. The highest BCUT2D eigenvalue weighted by Gasteiger charge is 2.06. The normalized spacial score (nSPS) is 11.3. The van der Waals surface area contributed by atoms with Gasteiger partial charge >= 0.3 is 0 Å². The molecule has 0 unspecified atom stereocenters. The van der Waals surface area contributed by atoms with Crippen molar-refractivity contribution < 1.29 is 0 Å². The Labute approximate surface area is 145 Å². The average molecular weight is 346 g/mol. The van der Waals surface area contributed by atoms with Crippen LogP contribution < -0.4 is 10.6 Å². The fraction of sp³-hybridized carbons (Fsp3) is 0.467. The molecule has 2 heterocycles. The third-order valence-electron chi connectivity index (χ3n) is 3.59. The monoisotopic (exact) mass is 346 g/mol. The zero-order valence-corrected chi connectivity index (χ0v) is 14.9. The van der Waals surface area contributed by atoms with Crippen molar-refractivity contribution in [3.8, 4) is 6.19 Å². The van der Waals surface area contributed by atoms with E-state index >= 15 is 0 Å². The molecule has 3 N–H and O–H groups in total. The summed E-state index contributed by atoms with van der Waals surface area (Å²) < 4.78 is 1.31. The molecule has 0 saturated heterocycles. The van der Waals surface area contributed by atoms with Crippen LogP contribution in [0.3, 0.4) is 0 Å². The third kappa shape index (κ3) is 4.76. The highest BCUT2D eigenvalue weighted by molar-refractivity contribution is 7.98. The number of aliphatic imine (C=N–C) groups is 1. The zero-order valence-electron chi connectivity index (χ0n) is 14.1. The fourth-order valence-corrected chi connectivity index (χ4v) is 2.94. The van der Waals surface area contributed by atoms with Gasteiger partial charge in [0.25, 0.3) is 0 Å². The van der Waals surface area contributed by atoms with Crippen molar-refractivity contribution in [3.63, 3.8) is 0 Å². The van der Waals surface area contributed by atoms with Crippen molar-refractivity contribution in [1.82, 2.24) is 30.4 Å². The number of aryl methyl sites for hydroxylation is 1. The SMILES string of the molecule is CN=C(NCCSCc1nc[nH]c1C)NCc1cnn(C#N)c1C. The summed E-state index contributed by atoms with van der Waals surface area (Å²) in [5.41, 5.74) is 4.04. The Morgan fingerprint density at radius 1 is 1.46 bits per heavy atom. The Morgan fingerprint density at radius 3 is 2.92 bits per heavy atom. The number of nitrogens with one attached hydrogen (secondary N) is 3.